The minimum atomic E-state index is -0.593. The molecular weight excluding hydrogens is 364 g/mol. The molecule has 0 amide bonds. The molecule has 0 saturated carbocycles. The number of hydrogen-bond acceptors (Lipinski definition) is 5. The van der Waals surface area contributed by atoms with Gasteiger partial charge in [0.2, 0.25) is 0 Å². The van der Waals surface area contributed by atoms with Gasteiger partial charge in [-0.05, 0) is 32.3 Å². The average Bonchev–Trinajstić information content (AvgIpc) is 2.88. The molecule has 0 unspecified atom stereocenters. The molecule has 152 valence electrons. The lowest BCUT2D eigenvalue weighted by molar-refractivity contribution is -0.114. The Balaban J connectivity index is 0.00000196. The van der Waals surface area contributed by atoms with Crippen molar-refractivity contribution in [1.82, 2.24) is 9.55 Å². The number of carbonyl (C=O) groups is 2. The van der Waals surface area contributed by atoms with Crippen LogP contribution < -0.4 is 0 Å². The van der Waals surface area contributed by atoms with E-state index in [0.29, 0.717) is 30.3 Å². The van der Waals surface area contributed by atoms with E-state index in [0.717, 1.165) is 17.8 Å². The monoisotopic (exact) mass is 390 g/mol. The number of aromatic hydroxyl groups is 1. The zero-order valence-corrected chi connectivity index (χ0v) is 16.0. The normalized spacial score (nSPS) is 17.5. The van der Waals surface area contributed by atoms with E-state index in [2.05, 4.69) is 4.98 Å². The van der Waals surface area contributed by atoms with Crippen LogP contribution in [0, 0.1) is 6.92 Å². The summed E-state index contributed by atoms with van der Waals surface area (Å²) in [5.74, 6) is 0.138. The number of aryl methyl sites for hydroxylation is 2. The molecule has 1 aromatic heterocycles. The Hall–Kier alpha value is -2.97. The summed E-state index contributed by atoms with van der Waals surface area (Å²) < 4.78 is 7.15. The SMILES string of the molecule is Cc1nc2c3c(c(O)cc2n1C)C(=O)OCC/C=C\C(=O)CCC/C=C/3.O.O. The Morgan fingerprint density at radius 3 is 2.61 bits per heavy atom. The molecule has 0 atom stereocenters. The van der Waals surface area contributed by atoms with Gasteiger partial charge in [-0.1, -0.05) is 18.2 Å². The largest absolute Gasteiger partial charge is 0.507 e. The number of nitrogens with zero attached hydrogens (tertiary/aromatic N) is 2. The van der Waals surface area contributed by atoms with Crippen LogP contribution in [0.4, 0.5) is 0 Å². The number of rotatable bonds is 0. The Kier molecular flexibility index (Phi) is 8.09. The molecule has 5 N–H and O–H groups in total. The van der Waals surface area contributed by atoms with Crippen molar-refractivity contribution < 1.29 is 30.4 Å². The van der Waals surface area contributed by atoms with Crippen LogP contribution in [0.5, 0.6) is 5.75 Å². The second-order valence-corrected chi connectivity index (χ2v) is 6.36. The first-order chi connectivity index (χ1) is 12.5. The fourth-order valence-corrected chi connectivity index (χ4v) is 3.01. The number of imidazole rings is 1. The number of cyclic esters (lactones) is 1. The van der Waals surface area contributed by atoms with Crippen molar-refractivity contribution >= 4 is 28.9 Å². The highest BCUT2D eigenvalue weighted by molar-refractivity contribution is 6.03. The fourth-order valence-electron chi connectivity index (χ4n) is 3.01. The third-order valence-corrected chi connectivity index (χ3v) is 4.52. The first-order valence-corrected chi connectivity index (χ1v) is 8.71. The van der Waals surface area contributed by atoms with Crippen LogP contribution in [0.2, 0.25) is 0 Å². The molecule has 0 bridgehead atoms. The van der Waals surface area contributed by atoms with Crippen LogP contribution in [0.15, 0.2) is 24.3 Å². The standard InChI is InChI=1S/C20H22N2O4.2H2O/c1-13-21-19-15-10-5-3-4-8-14(23)9-6-7-11-26-20(25)18(15)17(24)12-16(19)22(13)2;;/h5-6,9-10,12,24H,3-4,7-8,11H2,1-2H3;2*1H2/b9-6-,10-5+;;. The number of phenolic OH excluding ortho intramolecular Hbond substituents is 1. The van der Waals surface area contributed by atoms with Gasteiger partial charge in [-0.15, -0.1) is 0 Å². The third kappa shape index (κ3) is 4.65. The summed E-state index contributed by atoms with van der Waals surface area (Å²) in [6.45, 7) is 2.01. The molecule has 8 heteroatoms. The second-order valence-electron chi connectivity index (χ2n) is 6.36. The number of hydrogen-bond donors (Lipinski definition) is 1. The van der Waals surface area contributed by atoms with E-state index in [1.807, 2.05) is 24.6 Å². The van der Waals surface area contributed by atoms with Gasteiger partial charge in [0.15, 0.2) is 5.78 Å². The summed E-state index contributed by atoms with van der Waals surface area (Å²) in [7, 11) is 1.86. The van der Waals surface area contributed by atoms with Crippen LogP contribution in [-0.2, 0) is 16.6 Å². The summed E-state index contributed by atoms with van der Waals surface area (Å²) in [4.78, 5) is 28.8. The van der Waals surface area contributed by atoms with E-state index in [9.17, 15) is 14.7 Å². The quantitative estimate of drug-likeness (QED) is 0.682. The van der Waals surface area contributed by atoms with Gasteiger partial charge in [-0.2, -0.15) is 0 Å². The topological polar surface area (TPSA) is 144 Å². The highest BCUT2D eigenvalue weighted by Gasteiger charge is 2.22. The van der Waals surface area contributed by atoms with Crippen molar-refractivity contribution in [3.8, 4) is 5.75 Å². The maximum atomic E-state index is 12.6. The van der Waals surface area contributed by atoms with Gasteiger partial charge in [0.25, 0.3) is 0 Å². The molecule has 1 aliphatic rings. The minimum Gasteiger partial charge on any atom is -0.507 e. The number of fused-ring (bicyclic) bond motifs is 3. The van der Waals surface area contributed by atoms with Crippen LogP contribution in [0.3, 0.4) is 0 Å². The molecule has 0 aliphatic carbocycles. The average molecular weight is 390 g/mol. The predicted octanol–water partition coefficient (Wildman–Crippen LogP) is 1.81. The highest BCUT2D eigenvalue weighted by Crippen LogP contribution is 2.32. The van der Waals surface area contributed by atoms with Crippen molar-refractivity contribution in [2.75, 3.05) is 6.61 Å². The van der Waals surface area contributed by atoms with Crippen molar-refractivity contribution in [3.63, 3.8) is 0 Å². The van der Waals surface area contributed by atoms with E-state index >= 15 is 0 Å². The molecule has 0 fully saturated rings. The molecular formula is C20H26N2O6. The van der Waals surface area contributed by atoms with Crippen LogP contribution in [0.25, 0.3) is 17.1 Å². The van der Waals surface area contributed by atoms with Crippen LogP contribution in [0.1, 0.15) is 47.4 Å². The number of esters is 1. The number of carbonyl (C=O) groups excluding carboxylic acids is 2. The number of benzene rings is 1. The van der Waals surface area contributed by atoms with Gasteiger partial charge < -0.3 is 25.4 Å². The lowest BCUT2D eigenvalue weighted by Crippen LogP contribution is -2.09. The predicted molar refractivity (Wildman–Crippen MR) is 106 cm³/mol. The van der Waals surface area contributed by atoms with E-state index in [1.165, 1.54) is 6.08 Å². The Morgan fingerprint density at radius 1 is 1.14 bits per heavy atom. The van der Waals surface area contributed by atoms with Crippen molar-refractivity contribution in [3.05, 3.63) is 41.2 Å². The molecule has 0 radical (unpaired) electrons. The third-order valence-electron chi connectivity index (χ3n) is 4.52. The summed E-state index contributed by atoms with van der Waals surface area (Å²) >= 11 is 0. The van der Waals surface area contributed by atoms with Crippen molar-refractivity contribution in [1.29, 1.82) is 0 Å². The second kappa shape index (κ2) is 9.82. The molecule has 0 spiro atoms. The number of ether oxygens (including phenoxy) is 1. The van der Waals surface area contributed by atoms with Gasteiger partial charge in [0.05, 0.1) is 17.6 Å². The first kappa shape index (κ1) is 23.1. The van der Waals surface area contributed by atoms with E-state index in [-0.39, 0.29) is 34.7 Å². The molecule has 2 aromatic rings. The lowest BCUT2D eigenvalue weighted by atomic mass is 10.0. The Labute approximate surface area is 162 Å². The van der Waals surface area contributed by atoms with E-state index in [1.54, 1.807) is 18.2 Å². The maximum absolute atomic E-state index is 12.6. The molecule has 1 aromatic carbocycles. The summed E-state index contributed by atoms with van der Waals surface area (Å²) in [6, 6.07) is 1.55. The fraction of sp³-hybridized carbons (Fsp3) is 0.350. The minimum absolute atomic E-state index is 0. The first-order valence-electron chi connectivity index (χ1n) is 8.71. The van der Waals surface area contributed by atoms with Crippen molar-refractivity contribution in [2.24, 2.45) is 7.05 Å². The number of aromatic nitrogens is 2. The molecule has 8 nitrogen and oxygen atoms in total. The zero-order chi connectivity index (χ0) is 18.7. The molecule has 3 rings (SSSR count). The molecule has 1 aliphatic heterocycles. The van der Waals surface area contributed by atoms with Gasteiger partial charge >= 0.3 is 5.97 Å². The number of ketones is 1. The summed E-state index contributed by atoms with van der Waals surface area (Å²) in [5.41, 5.74) is 2.07. The summed E-state index contributed by atoms with van der Waals surface area (Å²) in [5, 5.41) is 10.5. The van der Waals surface area contributed by atoms with E-state index < -0.39 is 5.97 Å². The Bertz CT molecular complexity index is 927. The van der Waals surface area contributed by atoms with Crippen LogP contribution in [-0.4, -0.2) is 44.0 Å². The van der Waals surface area contributed by atoms with Crippen molar-refractivity contribution in [2.45, 2.75) is 32.6 Å². The van der Waals surface area contributed by atoms with Gasteiger partial charge in [-0.3, -0.25) is 4.79 Å². The zero-order valence-electron chi connectivity index (χ0n) is 16.0. The molecule has 2 heterocycles. The highest BCUT2D eigenvalue weighted by atomic mass is 16.5. The van der Waals surface area contributed by atoms with Gasteiger partial charge in [0.1, 0.15) is 17.1 Å². The summed E-state index contributed by atoms with van der Waals surface area (Å²) in [6.07, 6.45) is 9.28. The lowest BCUT2D eigenvalue weighted by Gasteiger charge is -2.10. The van der Waals surface area contributed by atoms with E-state index in [4.69, 9.17) is 4.74 Å². The molecule has 28 heavy (non-hydrogen) atoms. The number of phenols is 1. The smallest absolute Gasteiger partial charge is 0.342 e. The van der Waals surface area contributed by atoms with Gasteiger partial charge in [0, 0.05) is 25.1 Å². The Morgan fingerprint density at radius 2 is 1.86 bits per heavy atom. The maximum Gasteiger partial charge on any atom is 0.342 e. The molecule has 0 saturated heterocycles. The number of allylic oxidation sites excluding steroid dienone is 2. The van der Waals surface area contributed by atoms with Crippen LogP contribution >= 0.6 is 0 Å². The van der Waals surface area contributed by atoms with Gasteiger partial charge in [-0.25, -0.2) is 9.78 Å².